The average molecular weight is 386 g/mol. The van der Waals surface area contributed by atoms with Gasteiger partial charge < -0.3 is 19.5 Å². The number of nitrogens with zero attached hydrogens (tertiary/aromatic N) is 5. The SMILES string of the molecule is Cc1nc2cc(C(=O)N3CC[C@H](O)[C@@H](N4CCN(C)CC4)CC3)ccc2n1C. The van der Waals surface area contributed by atoms with Crippen LogP contribution in [0, 0.1) is 6.92 Å². The molecule has 2 aliphatic heterocycles. The number of aliphatic hydroxyl groups excluding tert-OH is 1. The molecule has 3 heterocycles. The van der Waals surface area contributed by atoms with E-state index in [1.54, 1.807) is 0 Å². The van der Waals surface area contributed by atoms with Crippen molar-refractivity contribution in [1.29, 1.82) is 0 Å². The lowest BCUT2D eigenvalue weighted by atomic mass is 10.0. The second kappa shape index (κ2) is 7.81. The van der Waals surface area contributed by atoms with Gasteiger partial charge in [-0.25, -0.2) is 4.98 Å². The van der Waals surface area contributed by atoms with Crippen molar-refractivity contribution in [2.45, 2.75) is 31.9 Å². The minimum Gasteiger partial charge on any atom is -0.391 e. The summed E-state index contributed by atoms with van der Waals surface area (Å²) in [7, 11) is 4.13. The number of aromatic nitrogens is 2. The van der Waals surface area contributed by atoms with Crippen LogP contribution in [0.2, 0.25) is 0 Å². The highest BCUT2D eigenvalue weighted by Crippen LogP contribution is 2.22. The van der Waals surface area contributed by atoms with Gasteiger partial charge in [0.2, 0.25) is 0 Å². The van der Waals surface area contributed by atoms with E-state index in [-0.39, 0.29) is 18.1 Å². The first-order valence-electron chi connectivity index (χ1n) is 10.3. The van der Waals surface area contributed by atoms with Crippen molar-refractivity contribution in [1.82, 2.24) is 24.3 Å². The number of imidazole rings is 1. The summed E-state index contributed by atoms with van der Waals surface area (Å²) in [5.41, 5.74) is 2.57. The zero-order valence-corrected chi connectivity index (χ0v) is 17.1. The number of aryl methyl sites for hydroxylation is 2. The van der Waals surface area contributed by atoms with Crippen molar-refractivity contribution in [3.8, 4) is 0 Å². The van der Waals surface area contributed by atoms with Crippen LogP contribution in [-0.2, 0) is 7.05 Å². The van der Waals surface area contributed by atoms with Crippen LogP contribution < -0.4 is 0 Å². The summed E-state index contributed by atoms with van der Waals surface area (Å²) in [6.07, 6.45) is 1.08. The third kappa shape index (κ3) is 3.66. The fourth-order valence-corrected chi connectivity index (χ4v) is 4.49. The number of hydrogen-bond donors (Lipinski definition) is 1. The minimum atomic E-state index is -0.373. The summed E-state index contributed by atoms with van der Waals surface area (Å²) in [6, 6.07) is 5.91. The molecule has 152 valence electrons. The number of likely N-dealkylation sites (tertiary alicyclic amines) is 1. The molecule has 2 aliphatic rings. The number of benzene rings is 1. The van der Waals surface area contributed by atoms with Crippen molar-refractivity contribution in [3.63, 3.8) is 0 Å². The standard InChI is InChI=1S/C21H31N5O2/c1-15-22-17-14-16(4-5-18(17)24(15)3)21(28)26-8-6-19(20(27)7-9-26)25-12-10-23(2)11-13-25/h4-5,14,19-20,27H,6-13H2,1-3H3/t19-,20-/m0/s1. The van der Waals surface area contributed by atoms with Crippen LogP contribution in [0.5, 0.6) is 0 Å². The quantitative estimate of drug-likeness (QED) is 0.839. The monoisotopic (exact) mass is 385 g/mol. The summed E-state index contributed by atoms with van der Waals surface area (Å²) < 4.78 is 2.03. The van der Waals surface area contributed by atoms with Gasteiger partial charge in [0.05, 0.1) is 17.1 Å². The van der Waals surface area contributed by atoms with Gasteiger partial charge in [-0.3, -0.25) is 9.69 Å². The van der Waals surface area contributed by atoms with Gasteiger partial charge in [-0.1, -0.05) is 0 Å². The van der Waals surface area contributed by atoms with Crippen molar-refractivity contribution in [2.24, 2.45) is 7.05 Å². The first-order valence-corrected chi connectivity index (χ1v) is 10.3. The van der Waals surface area contributed by atoms with Crippen LogP contribution in [0.25, 0.3) is 11.0 Å². The Morgan fingerprint density at radius 2 is 1.79 bits per heavy atom. The van der Waals surface area contributed by atoms with Crippen LogP contribution in [-0.4, -0.2) is 93.7 Å². The molecule has 1 N–H and O–H groups in total. The normalized spacial score (nSPS) is 25.2. The van der Waals surface area contributed by atoms with E-state index < -0.39 is 0 Å². The number of rotatable bonds is 2. The van der Waals surface area contributed by atoms with E-state index in [2.05, 4.69) is 21.8 Å². The maximum atomic E-state index is 13.1. The maximum Gasteiger partial charge on any atom is 0.253 e. The molecule has 0 bridgehead atoms. The molecule has 28 heavy (non-hydrogen) atoms. The molecule has 2 aromatic rings. The molecule has 2 atom stereocenters. The number of aliphatic hydroxyl groups is 1. The third-order valence-corrected chi connectivity index (χ3v) is 6.48. The van der Waals surface area contributed by atoms with E-state index in [0.717, 1.165) is 49.5 Å². The molecule has 2 saturated heterocycles. The second-order valence-electron chi connectivity index (χ2n) is 8.27. The van der Waals surface area contributed by atoms with Gasteiger partial charge in [0.15, 0.2) is 0 Å². The molecular formula is C21H31N5O2. The number of hydrogen-bond acceptors (Lipinski definition) is 5. The third-order valence-electron chi connectivity index (χ3n) is 6.48. The molecule has 0 radical (unpaired) electrons. The van der Waals surface area contributed by atoms with E-state index in [1.807, 2.05) is 41.6 Å². The first kappa shape index (κ1) is 19.4. The van der Waals surface area contributed by atoms with Gasteiger partial charge in [-0.15, -0.1) is 0 Å². The Kier molecular flexibility index (Phi) is 5.40. The van der Waals surface area contributed by atoms with Gasteiger partial charge in [-0.05, 0) is 45.0 Å². The summed E-state index contributed by atoms with van der Waals surface area (Å²) in [5.74, 6) is 0.976. The molecule has 0 saturated carbocycles. The lowest BCUT2D eigenvalue weighted by Gasteiger charge is -2.39. The summed E-state index contributed by atoms with van der Waals surface area (Å²) in [4.78, 5) is 24.3. The number of piperazine rings is 1. The number of carbonyl (C=O) groups is 1. The number of carbonyl (C=O) groups excluding carboxylic acids is 1. The highest BCUT2D eigenvalue weighted by Gasteiger charge is 2.32. The Morgan fingerprint density at radius 3 is 2.54 bits per heavy atom. The zero-order valence-electron chi connectivity index (χ0n) is 17.1. The molecule has 0 unspecified atom stereocenters. The molecule has 1 amide bonds. The summed E-state index contributed by atoms with van der Waals surface area (Å²) in [6.45, 7) is 7.31. The van der Waals surface area contributed by atoms with Gasteiger partial charge in [0.1, 0.15) is 5.82 Å². The first-order chi connectivity index (χ1) is 13.4. The largest absolute Gasteiger partial charge is 0.391 e. The van der Waals surface area contributed by atoms with E-state index in [0.29, 0.717) is 25.1 Å². The Balaban J connectivity index is 1.47. The predicted molar refractivity (Wildman–Crippen MR) is 109 cm³/mol. The highest BCUT2D eigenvalue weighted by atomic mass is 16.3. The number of amides is 1. The molecule has 1 aromatic carbocycles. The second-order valence-corrected chi connectivity index (χ2v) is 8.27. The topological polar surface area (TPSA) is 64.8 Å². The van der Waals surface area contributed by atoms with Gasteiger partial charge in [-0.2, -0.15) is 0 Å². The lowest BCUT2D eigenvalue weighted by molar-refractivity contribution is 0.0224. The zero-order chi connectivity index (χ0) is 19.8. The maximum absolute atomic E-state index is 13.1. The highest BCUT2D eigenvalue weighted by molar-refractivity contribution is 5.97. The Hall–Kier alpha value is -1.96. The molecule has 4 rings (SSSR count). The predicted octanol–water partition coefficient (Wildman–Crippen LogP) is 1.09. The average Bonchev–Trinajstić information content (AvgIpc) is 2.85. The van der Waals surface area contributed by atoms with Crippen molar-refractivity contribution < 1.29 is 9.90 Å². The fraction of sp³-hybridized carbons (Fsp3) is 0.619. The molecule has 7 heteroatoms. The fourth-order valence-electron chi connectivity index (χ4n) is 4.49. The molecule has 1 aromatic heterocycles. The van der Waals surface area contributed by atoms with E-state index in [4.69, 9.17) is 0 Å². The van der Waals surface area contributed by atoms with E-state index in [9.17, 15) is 9.90 Å². The molecular weight excluding hydrogens is 354 g/mol. The van der Waals surface area contributed by atoms with Crippen LogP contribution >= 0.6 is 0 Å². The van der Waals surface area contributed by atoms with Gasteiger partial charge in [0.25, 0.3) is 5.91 Å². The summed E-state index contributed by atoms with van der Waals surface area (Å²) >= 11 is 0. The number of fused-ring (bicyclic) bond motifs is 1. The van der Waals surface area contributed by atoms with Crippen molar-refractivity contribution >= 4 is 16.9 Å². The molecule has 2 fully saturated rings. The van der Waals surface area contributed by atoms with Crippen LogP contribution in [0.1, 0.15) is 29.0 Å². The van der Waals surface area contributed by atoms with Crippen LogP contribution in [0.3, 0.4) is 0 Å². The minimum absolute atomic E-state index is 0.0384. The van der Waals surface area contributed by atoms with Crippen molar-refractivity contribution in [2.75, 3.05) is 46.3 Å². The van der Waals surface area contributed by atoms with E-state index in [1.165, 1.54) is 0 Å². The van der Waals surface area contributed by atoms with Gasteiger partial charge in [0, 0.05) is 57.9 Å². The Labute approximate surface area is 166 Å². The van der Waals surface area contributed by atoms with Crippen molar-refractivity contribution in [3.05, 3.63) is 29.6 Å². The molecule has 0 aliphatic carbocycles. The lowest BCUT2D eigenvalue weighted by Crippen LogP contribution is -2.52. The van der Waals surface area contributed by atoms with Crippen LogP contribution in [0.15, 0.2) is 18.2 Å². The molecule has 0 spiro atoms. The number of likely N-dealkylation sites (N-methyl/N-ethyl adjacent to an activating group) is 1. The van der Waals surface area contributed by atoms with Crippen LogP contribution in [0.4, 0.5) is 0 Å². The molecule has 7 nitrogen and oxygen atoms in total. The Bertz CT molecular complexity index is 856. The smallest absolute Gasteiger partial charge is 0.253 e. The Morgan fingerprint density at radius 1 is 1.07 bits per heavy atom. The summed E-state index contributed by atoms with van der Waals surface area (Å²) in [5, 5.41) is 10.7. The van der Waals surface area contributed by atoms with Gasteiger partial charge >= 0.3 is 0 Å². The van der Waals surface area contributed by atoms with E-state index >= 15 is 0 Å².